The van der Waals surface area contributed by atoms with Crippen LogP contribution in [0.1, 0.15) is 23.6 Å². The predicted octanol–water partition coefficient (Wildman–Crippen LogP) is 3.47. The molecular formula is C23H23F3N6O. The third-order valence-corrected chi connectivity index (χ3v) is 6.13. The lowest BCUT2D eigenvalue weighted by Gasteiger charge is -2.36. The van der Waals surface area contributed by atoms with Crippen molar-refractivity contribution in [2.45, 2.75) is 26.1 Å². The van der Waals surface area contributed by atoms with Crippen LogP contribution in [0.15, 0.2) is 47.8 Å². The topological polar surface area (TPSA) is 69.5 Å². The molecule has 1 N–H and O–H groups in total. The van der Waals surface area contributed by atoms with E-state index in [9.17, 15) is 18.0 Å². The molecule has 1 fully saturated rings. The number of piperazine rings is 1. The lowest BCUT2D eigenvalue weighted by molar-refractivity contribution is -0.136. The fraction of sp³-hybridized carbons (Fsp3) is 0.348. The highest BCUT2D eigenvalue weighted by Gasteiger charge is 2.35. The van der Waals surface area contributed by atoms with Crippen molar-refractivity contribution in [2.75, 3.05) is 31.1 Å². The average Bonchev–Trinajstić information content (AvgIpc) is 3.26. The minimum Gasteiger partial charge on any atom is -0.368 e. The molecule has 4 aromatic rings. The Balaban J connectivity index is 1.30. The molecule has 0 atom stereocenters. The Morgan fingerprint density at radius 1 is 1.09 bits per heavy atom. The number of rotatable bonds is 4. The van der Waals surface area contributed by atoms with E-state index >= 15 is 0 Å². The second kappa shape index (κ2) is 8.18. The van der Waals surface area contributed by atoms with Gasteiger partial charge in [0.1, 0.15) is 11.2 Å². The number of nitrogens with one attached hydrogen (secondary N) is 1. The van der Waals surface area contributed by atoms with Gasteiger partial charge in [0.2, 0.25) is 0 Å². The Hall–Kier alpha value is -3.40. The summed E-state index contributed by atoms with van der Waals surface area (Å²) in [7, 11) is 0. The summed E-state index contributed by atoms with van der Waals surface area (Å²) in [6.45, 7) is 5.20. The second-order valence-corrected chi connectivity index (χ2v) is 8.28. The van der Waals surface area contributed by atoms with Gasteiger partial charge < -0.3 is 14.3 Å². The first-order chi connectivity index (χ1) is 15.8. The van der Waals surface area contributed by atoms with E-state index in [0.29, 0.717) is 55.9 Å². The number of nitrogens with zero attached hydrogens (tertiary/aromatic N) is 5. The zero-order chi connectivity index (χ0) is 23.2. The van der Waals surface area contributed by atoms with Crippen LogP contribution in [0.5, 0.6) is 0 Å². The molecule has 0 spiro atoms. The molecule has 0 unspecified atom stereocenters. The molecule has 5 rings (SSSR count). The van der Waals surface area contributed by atoms with Crippen molar-refractivity contribution in [2.24, 2.45) is 0 Å². The number of anilines is 1. The van der Waals surface area contributed by atoms with E-state index < -0.39 is 11.7 Å². The van der Waals surface area contributed by atoms with Crippen molar-refractivity contribution in [3.05, 3.63) is 70.0 Å². The molecule has 0 aliphatic carbocycles. The zero-order valence-electron chi connectivity index (χ0n) is 18.1. The van der Waals surface area contributed by atoms with Crippen molar-refractivity contribution in [1.29, 1.82) is 0 Å². The molecule has 0 amide bonds. The Kier molecular flexibility index (Phi) is 5.32. The summed E-state index contributed by atoms with van der Waals surface area (Å²) >= 11 is 0. The number of halogens is 3. The van der Waals surface area contributed by atoms with Crippen molar-refractivity contribution in [3.63, 3.8) is 0 Å². The van der Waals surface area contributed by atoms with Crippen LogP contribution < -0.4 is 10.5 Å². The van der Waals surface area contributed by atoms with Gasteiger partial charge in [-0.2, -0.15) is 13.2 Å². The molecule has 10 heteroatoms. The number of fused-ring (bicyclic) bond motifs is 2. The Morgan fingerprint density at radius 2 is 1.88 bits per heavy atom. The molecule has 33 heavy (non-hydrogen) atoms. The molecule has 4 aromatic heterocycles. The van der Waals surface area contributed by atoms with E-state index in [1.807, 2.05) is 30.2 Å². The maximum Gasteiger partial charge on any atom is 0.420 e. The first-order valence-electron chi connectivity index (χ1n) is 10.8. The van der Waals surface area contributed by atoms with Crippen LogP contribution in [0.25, 0.3) is 16.7 Å². The van der Waals surface area contributed by atoms with E-state index in [4.69, 9.17) is 0 Å². The van der Waals surface area contributed by atoms with Gasteiger partial charge in [-0.15, -0.1) is 0 Å². The van der Waals surface area contributed by atoms with Gasteiger partial charge in [-0.1, -0.05) is 6.92 Å². The fourth-order valence-corrected chi connectivity index (χ4v) is 4.34. The van der Waals surface area contributed by atoms with E-state index in [1.165, 1.54) is 22.9 Å². The molecule has 5 heterocycles. The van der Waals surface area contributed by atoms with Crippen LogP contribution in [0, 0.1) is 0 Å². The normalized spacial score (nSPS) is 15.6. The molecule has 1 aliphatic heterocycles. The maximum atomic E-state index is 13.5. The Labute approximate surface area is 187 Å². The SMILES string of the molecule is CCc1cc2ncc(CN3CCN(c4cc(C(F)(F)F)c5nccn5c4)CC3)cc2[nH]c1=O. The minimum atomic E-state index is -4.47. The van der Waals surface area contributed by atoms with Crippen LogP contribution in [0.2, 0.25) is 0 Å². The Morgan fingerprint density at radius 3 is 2.61 bits per heavy atom. The van der Waals surface area contributed by atoms with Gasteiger partial charge in [0.15, 0.2) is 0 Å². The highest BCUT2D eigenvalue weighted by Crippen LogP contribution is 2.34. The predicted molar refractivity (Wildman–Crippen MR) is 119 cm³/mol. The fourth-order valence-electron chi connectivity index (χ4n) is 4.34. The van der Waals surface area contributed by atoms with E-state index in [2.05, 4.69) is 19.9 Å². The van der Waals surface area contributed by atoms with Crippen molar-refractivity contribution < 1.29 is 13.2 Å². The average molecular weight is 456 g/mol. The summed E-state index contributed by atoms with van der Waals surface area (Å²) in [4.78, 5) is 27.6. The number of aromatic amines is 1. The van der Waals surface area contributed by atoms with Gasteiger partial charge in [-0.25, -0.2) is 4.98 Å². The molecular weight excluding hydrogens is 433 g/mol. The third-order valence-electron chi connectivity index (χ3n) is 6.13. The van der Waals surface area contributed by atoms with Crippen LogP contribution >= 0.6 is 0 Å². The number of alkyl halides is 3. The standard InChI is InChI=1S/C23H23F3N6O/c1-2-16-10-19-20(29-22(16)33)9-15(12-28-19)13-30-5-7-31(8-6-30)17-11-18(23(24,25)26)21-27-3-4-32(21)14-17/h3-4,9-12,14H,2,5-8,13H2,1H3,(H,29,33). The quantitative estimate of drug-likeness (QED) is 0.509. The minimum absolute atomic E-state index is 0.0854. The van der Waals surface area contributed by atoms with Crippen molar-refractivity contribution in [3.8, 4) is 0 Å². The summed E-state index contributed by atoms with van der Waals surface area (Å²) in [5.74, 6) is 0. The summed E-state index contributed by atoms with van der Waals surface area (Å²) in [6, 6.07) is 4.95. The molecule has 0 saturated carbocycles. The van der Waals surface area contributed by atoms with Crippen LogP contribution in [-0.4, -0.2) is 50.4 Å². The van der Waals surface area contributed by atoms with Gasteiger partial charge >= 0.3 is 6.18 Å². The molecule has 7 nitrogen and oxygen atoms in total. The van der Waals surface area contributed by atoms with Crippen LogP contribution in [0.4, 0.5) is 18.9 Å². The number of H-pyrrole nitrogens is 1. The molecule has 1 aliphatic rings. The first-order valence-corrected chi connectivity index (χ1v) is 10.8. The van der Waals surface area contributed by atoms with Crippen LogP contribution in [0.3, 0.4) is 0 Å². The number of aromatic nitrogens is 4. The maximum absolute atomic E-state index is 13.5. The molecule has 0 radical (unpaired) electrons. The summed E-state index contributed by atoms with van der Waals surface area (Å²) in [5, 5.41) is 0. The summed E-state index contributed by atoms with van der Waals surface area (Å²) in [6.07, 6.45) is 2.60. The second-order valence-electron chi connectivity index (χ2n) is 8.28. The number of imidazole rings is 1. The van der Waals surface area contributed by atoms with E-state index in [1.54, 1.807) is 6.20 Å². The van der Waals surface area contributed by atoms with Gasteiger partial charge in [-0.05, 0) is 30.2 Å². The summed E-state index contributed by atoms with van der Waals surface area (Å²) < 4.78 is 42.0. The van der Waals surface area contributed by atoms with E-state index in [0.717, 1.165) is 11.1 Å². The number of hydrogen-bond donors (Lipinski definition) is 1. The smallest absolute Gasteiger partial charge is 0.368 e. The largest absolute Gasteiger partial charge is 0.420 e. The monoisotopic (exact) mass is 456 g/mol. The number of pyridine rings is 3. The van der Waals surface area contributed by atoms with Crippen molar-refractivity contribution >= 4 is 22.4 Å². The zero-order valence-corrected chi connectivity index (χ0v) is 18.1. The molecule has 0 bridgehead atoms. The lowest BCUT2D eigenvalue weighted by atomic mass is 10.1. The first kappa shape index (κ1) is 21.4. The number of aryl methyl sites for hydroxylation is 1. The van der Waals surface area contributed by atoms with Crippen molar-refractivity contribution in [1.82, 2.24) is 24.3 Å². The Bertz CT molecular complexity index is 1370. The molecule has 1 saturated heterocycles. The van der Waals surface area contributed by atoms with Gasteiger partial charge in [-0.3, -0.25) is 14.7 Å². The van der Waals surface area contributed by atoms with Gasteiger partial charge in [0, 0.05) is 63.1 Å². The third kappa shape index (κ3) is 4.18. The highest BCUT2D eigenvalue weighted by atomic mass is 19.4. The number of hydrogen-bond acceptors (Lipinski definition) is 5. The van der Waals surface area contributed by atoms with Gasteiger partial charge in [0.05, 0.1) is 16.7 Å². The highest BCUT2D eigenvalue weighted by molar-refractivity contribution is 5.74. The van der Waals surface area contributed by atoms with E-state index in [-0.39, 0.29) is 11.2 Å². The lowest BCUT2D eigenvalue weighted by Crippen LogP contribution is -2.46. The summed E-state index contributed by atoms with van der Waals surface area (Å²) in [5.41, 5.74) is 2.79. The van der Waals surface area contributed by atoms with Crippen LogP contribution in [-0.2, 0) is 19.1 Å². The van der Waals surface area contributed by atoms with Gasteiger partial charge in [0.25, 0.3) is 5.56 Å². The molecule has 172 valence electrons. The molecule has 0 aromatic carbocycles.